The Morgan fingerprint density at radius 1 is 1.25 bits per heavy atom. The van der Waals surface area contributed by atoms with Crippen LogP contribution < -0.4 is 5.73 Å². The first-order valence-corrected chi connectivity index (χ1v) is 6.05. The van der Waals surface area contributed by atoms with Gasteiger partial charge >= 0.3 is 0 Å². The van der Waals surface area contributed by atoms with Gasteiger partial charge in [-0.25, -0.2) is 0 Å². The second kappa shape index (κ2) is 6.44. The first-order valence-electron chi connectivity index (χ1n) is 6.05. The van der Waals surface area contributed by atoms with Crippen molar-refractivity contribution in [3.63, 3.8) is 0 Å². The first kappa shape index (κ1) is 12.9. The van der Waals surface area contributed by atoms with E-state index < -0.39 is 0 Å². The molecule has 16 heavy (non-hydrogen) atoms. The molecule has 0 radical (unpaired) electrons. The Bertz CT molecular complexity index is 329. The lowest BCUT2D eigenvalue weighted by atomic mass is 10.00. The molecule has 0 amide bonds. The molecule has 0 fully saturated rings. The molecular formula is C14H21NO. The van der Waals surface area contributed by atoms with Gasteiger partial charge in [0, 0.05) is 18.0 Å². The molecule has 1 aromatic carbocycles. The zero-order valence-corrected chi connectivity index (χ0v) is 10.2. The summed E-state index contributed by atoms with van der Waals surface area (Å²) in [6.45, 7) is 4.19. The zero-order chi connectivity index (χ0) is 12.0. The molecule has 1 aromatic rings. The summed E-state index contributed by atoms with van der Waals surface area (Å²) in [7, 11) is 0. The monoisotopic (exact) mass is 219 g/mol. The van der Waals surface area contributed by atoms with Gasteiger partial charge in [0.2, 0.25) is 0 Å². The number of hydrogen-bond donors (Lipinski definition) is 1. The second-order valence-corrected chi connectivity index (χ2v) is 4.23. The Hall–Kier alpha value is -1.15. The summed E-state index contributed by atoms with van der Waals surface area (Å²) < 4.78 is 0. The van der Waals surface area contributed by atoms with E-state index in [1.807, 2.05) is 24.3 Å². The molecule has 1 rings (SSSR count). The van der Waals surface area contributed by atoms with E-state index in [1.165, 1.54) is 5.56 Å². The van der Waals surface area contributed by atoms with Crippen LogP contribution in [-0.4, -0.2) is 11.8 Å². The minimum absolute atomic E-state index is 0.00310. The Kier molecular flexibility index (Phi) is 5.20. The Balaban J connectivity index is 2.59. The van der Waals surface area contributed by atoms with Crippen LogP contribution in [0.25, 0.3) is 0 Å². The van der Waals surface area contributed by atoms with Gasteiger partial charge in [0.1, 0.15) is 0 Å². The van der Waals surface area contributed by atoms with Gasteiger partial charge in [-0.1, -0.05) is 44.5 Å². The topological polar surface area (TPSA) is 43.1 Å². The maximum atomic E-state index is 11.8. The highest BCUT2D eigenvalue weighted by atomic mass is 16.1. The molecule has 0 saturated heterocycles. The molecule has 0 aliphatic rings. The van der Waals surface area contributed by atoms with Crippen LogP contribution in [0.4, 0.5) is 0 Å². The fourth-order valence-electron chi connectivity index (χ4n) is 1.76. The number of Topliss-reactive ketones (excluding diaryl/α,β-unsaturated/α-hetero) is 1. The highest BCUT2D eigenvalue weighted by Crippen LogP contribution is 2.10. The normalized spacial score (nSPS) is 12.4. The van der Waals surface area contributed by atoms with Crippen molar-refractivity contribution < 1.29 is 4.79 Å². The number of aryl methyl sites for hydroxylation is 1. The molecule has 0 aromatic heterocycles. The van der Waals surface area contributed by atoms with Gasteiger partial charge in [-0.15, -0.1) is 0 Å². The van der Waals surface area contributed by atoms with Crippen molar-refractivity contribution in [2.75, 3.05) is 0 Å². The molecule has 2 heteroatoms. The van der Waals surface area contributed by atoms with E-state index in [0.29, 0.717) is 6.42 Å². The van der Waals surface area contributed by atoms with E-state index >= 15 is 0 Å². The van der Waals surface area contributed by atoms with E-state index in [0.717, 1.165) is 24.8 Å². The standard InChI is InChI=1S/C14H21NO/c1-3-5-13(15)10-14(16)12-8-6-11(4-2)7-9-12/h6-9,13H,3-5,10,15H2,1-2H3. The van der Waals surface area contributed by atoms with Crippen LogP contribution in [0, 0.1) is 0 Å². The Morgan fingerprint density at radius 2 is 1.88 bits per heavy atom. The molecule has 0 spiro atoms. The minimum Gasteiger partial charge on any atom is -0.327 e. The van der Waals surface area contributed by atoms with Gasteiger partial charge in [0.05, 0.1) is 0 Å². The number of carbonyl (C=O) groups excluding carboxylic acids is 1. The van der Waals surface area contributed by atoms with Gasteiger partial charge in [-0.05, 0) is 18.4 Å². The van der Waals surface area contributed by atoms with Crippen LogP contribution in [0.5, 0.6) is 0 Å². The van der Waals surface area contributed by atoms with Gasteiger partial charge < -0.3 is 5.73 Å². The molecule has 88 valence electrons. The van der Waals surface area contributed by atoms with E-state index in [4.69, 9.17) is 5.73 Å². The predicted molar refractivity (Wildman–Crippen MR) is 67.7 cm³/mol. The largest absolute Gasteiger partial charge is 0.327 e. The smallest absolute Gasteiger partial charge is 0.164 e. The second-order valence-electron chi connectivity index (χ2n) is 4.23. The fraction of sp³-hybridized carbons (Fsp3) is 0.500. The lowest BCUT2D eigenvalue weighted by molar-refractivity contribution is 0.0973. The van der Waals surface area contributed by atoms with Crippen molar-refractivity contribution in [3.8, 4) is 0 Å². The zero-order valence-electron chi connectivity index (χ0n) is 10.2. The summed E-state index contributed by atoms with van der Waals surface area (Å²) in [5.74, 6) is 0.156. The molecule has 0 bridgehead atoms. The molecule has 2 N–H and O–H groups in total. The molecular weight excluding hydrogens is 198 g/mol. The van der Waals surface area contributed by atoms with Crippen molar-refractivity contribution in [3.05, 3.63) is 35.4 Å². The molecule has 1 atom stereocenters. The summed E-state index contributed by atoms with van der Waals surface area (Å²) >= 11 is 0. The molecule has 1 unspecified atom stereocenters. The van der Waals surface area contributed by atoms with Crippen LogP contribution in [0.15, 0.2) is 24.3 Å². The number of benzene rings is 1. The van der Waals surface area contributed by atoms with Gasteiger partial charge in [0.25, 0.3) is 0 Å². The van der Waals surface area contributed by atoms with Gasteiger partial charge in [-0.3, -0.25) is 4.79 Å². The number of carbonyl (C=O) groups is 1. The van der Waals surface area contributed by atoms with E-state index in [2.05, 4.69) is 13.8 Å². The summed E-state index contributed by atoms with van der Waals surface area (Å²) in [5, 5.41) is 0. The van der Waals surface area contributed by atoms with Gasteiger partial charge in [0.15, 0.2) is 5.78 Å². The quantitative estimate of drug-likeness (QED) is 0.747. The molecule has 0 aliphatic carbocycles. The average molecular weight is 219 g/mol. The average Bonchev–Trinajstić information content (AvgIpc) is 2.29. The molecule has 2 nitrogen and oxygen atoms in total. The Labute approximate surface area is 97.9 Å². The maximum absolute atomic E-state index is 11.8. The van der Waals surface area contributed by atoms with Crippen molar-refractivity contribution >= 4 is 5.78 Å². The van der Waals surface area contributed by atoms with Gasteiger partial charge in [-0.2, -0.15) is 0 Å². The van der Waals surface area contributed by atoms with E-state index in [-0.39, 0.29) is 11.8 Å². The molecule has 0 heterocycles. The van der Waals surface area contributed by atoms with E-state index in [1.54, 1.807) is 0 Å². The minimum atomic E-state index is 0.00310. The summed E-state index contributed by atoms with van der Waals surface area (Å²) in [5.41, 5.74) is 7.90. The summed E-state index contributed by atoms with van der Waals surface area (Å²) in [6.07, 6.45) is 3.41. The first-order chi connectivity index (χ1) is 7.67. The summed E-state index contributed by atoms with van der Waals surface area (Å²) in [4.78, 5) is 11.8. The van der Waals surface area contributed by atoms with Crippen molar-refractivity contribution in [1.29, 1.82) is 0 Å². The number of rotatable bonds is 6. The lowest BCUT2D eigenvalue weighted by Crippen LogP contribution is -2.23. The Morgan fingerprint density at radius 3 is 2.38 bits per heavy atom. The van der Waals surface area contributed by atoms with Crippen LogP contribution in [0.2, 0.25) is 0 Å². The van der Waals surface area contributed by atoms with E-state index in [9.17, 15) is 4.79 Å². The highest BCUT2D eigenvalue weighted by Gasteiger charge is 2.10. The molecule has 0 saturated carbocycles. The van der Waals surface area contributed by atoms with Crippen LogP contribution >= 0.6 is 0 Å². The number of nitrogens with two attached hydrogens (primary N) is 1. The highest BCUT2D eigenvalue weighted by molar-refractivity contribution is 5.96. The fourth-order valence-corrected chi connectivity index (χ4v) is 1.76. The number of ketones is 1. The third kappa shape index (κ3) is 3.78. The third-order valence-corrected chi connectivity index (χ3v) is 2.79. The lowest BCUT2D eigenvalue weighted by Gasteiger charge is -2.09. The van der Waals surface area contributed by atoms with Crippen molar-refractivity contribution in [1.82, 2.24) is 0 Å². The van der Waals surface area contributed by atoms with Crippen LogP contribution in [-0.2, 0) is 6.42 Å². The third-order valence-electron chi connectivity index (χ3n) is 2.79. The molecule has 0 aliphatic heterocycles. The van der Waals surface area contributed by atoms with Crippen LogP contribution in [0.1, 0.15) is 49.0 Å². The number of hydrogen-bond acceptors (Lipinski definition) is 2. The van der Waals surface area contributed by atoms with Crippen molar-refractivity contribution in [2.24, 2.45) is 5.73 Å². The predicted octanol–water partition coefficient (Wildman–Crippen LogP) is 2.95. The van der Waals surface area contributed by atoms with Crippen molar-refractivity contribution in [2.45, 2.75) is 45.6 Å². The SMILES string of the molecule is CCCC(N)CC(=O)c1ccc(CC)cc1. The summed E-state index contributed by atoms with van der Waals surface area (Å²) in [6, 6.07) is 7.83. The maximum Gasteiger partial charge on any atom is 0.164 e. The van der Waals surface area contributed by atoms with Crippen LogP contribution in [0.3, 0.4) is 0 Å².